The monoisotopic (exact) mass is 267 g/mol. The largest absolute Gasteiger partial charge is 0.324 e. The molecule has 0 amide bonds. The van der Waals surface area contributed by atoms with E-state index in [2.05, 4.69) is 70.2 Å². The highest BCUT2D eigenvalue weighted by Crippen LogP contribution is 2.21. The summed E-state index contributed by atoms with van der Waals surface area (Å²) in [6, 6.07) is 15.5. The van der Waals surface area contributed by atoms with Gasteiger partial charge in [-0.3, -0.25) is 0 Å². The van der Waals surface area contributed by atoms with E-state index in [9.17, 15) is 0 Å². The zero-order valence-electron chi connectivity index (χ0n) is 13.0. The van der Waals surface area contributed by atoms with Crippen LogP contribution in [0.5, 0.6) is 0 Å². The minimum atomic E-state index is 0.0670. The Morgan fingerprint density at radius 1 is 0.850 bits per heavy atom. The van der Waals surface area contributed by atoms with Crippen molar-refractivity contribution in [2.45, 2.75) is 46.1 Å². The van der Waals surface area contributed by atoms with Crippen molar-refractivity contribution in [2.75, 3.05) is 0 Å². The van der Waals surface area contributed by atoms with Crippen LogP contribution in [-0.2, 0) is 6.42 Å². The van der Waals surface area contributed by atoms with Gasteiger partial charge in [-0.25, -0.2) is 0 Å². The second-order valence-electron chi connectivity index (χ2n) is 6.13. The zero-order chi connectivity index (χ0) is 14.7. The molecule has 20 heavy (non-hydrogen) atoms. The predicted octanol–water partition coefficient (Wildman–Crippen LogP) is 4.67. The Bertz CT molecular complexity index is 547. The molecule has 1 atom stereocenters. The van der Waals surface area contributed by atoms with Gasteiger partial charge in [0.2, 0.25) is 0 Å². The molecular weight excluding hydrogens is 242 g/mol. The Labute approximate surface area is 122 Å². The van der Waals surface area contributed by atoms with E-state index in [1.807, 2.05) is 0 Å². The summed E-state index contributed by atoms with van der Waals surface area (Å²) in [7, 11) is 0. The molecule has 0 fully saturated rings. The third-order valence-corrected chi connectivity index (χ3v) is 3.77. The van der Waals surface area contributed by atoms with Gasteiger partial charge in [-0.2, -0.15) is 0 Å². The van der Waals surface area contributed by atoms with Crippen LogP contribution in [0.1, 0.15) is 53.6 Å². The minimum absolute atomic E-state index is 0.0670. The summed E-state index contributed by atoms with van der Waals surface area (Å²) in [6.45, 7) is 8.70. The maximum absolute atomic E-state index is 6.35. The van der Waals surface area contributed by atoms with Crippen LogP contribution in [0.25, 0.3) is 0 Å². The van der Waals surface area contributed by atoms with E-state index in [0.717, 1.165) is 6.42 Å². The van der Waals surface area contributed by atoms with E-state index in [1.54, 1.807) is 0 Å². The van der Waals surface area contributed by atoms with Gasteiger partial charge >= 0.3 is 0 Å². The molecular formula is C19H25N. The molecule has 0 saturated heterocycles. The molecule has 0 aliphatic heterocycles. The zero-order valence-corrected chi connectivity index (χ0v) is 13.0. The molecule has 1 nitrogen and oxygen atoms in total. The first kappa shape index (κ1) is 14.8. The van der Waals surface area contributed by atoms with E-state index in [-0.39, 0.29) is 6.04 Å². The fourth-order valence-corrected chi connectivity index (χ4v) is 2.69. The molecule has 0 radical (unpaired) electrons. The maximum atomic E-state index is 6.35. The lowest BCUT2D eigenvalue weighted by atomic mass is 9.95. The van der Waals surface area contributed by atoms with Crippen molar-refractivity contribution in [3.05, 3.63) is 70.3 Å². The van der Waals surface area contributed by atoms with Crippen molar-refractivity contribution in [2.24, 2.45) is 5.73 Å². The lowest BCUT2D eigenvalue weighted by molar-refractivity contribution is 0.719. The number of hydrogen-bond donors (Lipinski definition) is 1. The van der Waals surface area contributed by atoms with E-state index in [0.29, 0.717) is 5.92 Å². The fraction of sp³-hybridized carbons (Fsp3) is 0.368. The Balaban J connectivity index is 2.13. The fourth-order valence-electron chi connectivity index (χ4n) is 2.69. The number of benzene rings is 2. The average molecular weight is 267 g/mol. The molecule has 2 aromatic rings. The normalized spacial score (nSPS) is 12.7. The molecule has 1 heteroatoms. The van der Waals surface area contributed by atoms with Crippen LogP contribution in [0.15, 0.2) is 42.5 Å². The highest BCUT2D eigenvalue weighted by molar-refractivity contribution is 5.32. The van der Waals surface area contributed by atoms with Crippen LogP contribution in [0.4, 0.5) is 0 Å². The van der Waals surface area contributed by atoms with Gasteiger partial charge in [-0.15, -0.1) is 0 Å². The van der Waals surface area contributed by atoms with Crippen LogP contribution in [0, 0.1) is 13.8 Å². The van der Waals surface area contributed by atoms with Gasteiger partial charge < -0.3 is 5.73 Å². The van der Waals surface area contributed by atoms with E-state index >= 15 is 0 Å². The highest BCUT2D eigenvalue weighted by Gasteiger charge is 2.08. The Hall–Kier alpha value is -1.60. The van der Waals surface area contributed by atoms with Gasteiger partial charge in [-0.1, -0.05) is 67.4 Å². The first-order valence-electron chi connectivity index (χ1n) is 7.38. The SMILES string of the molecule is Cc1cc(C)cc(CC(N)c2ccc(C(C)C)cc2)c1. The van der Waals surface area contributed by atoms with Crippen molar-refractivity contribution in [1.82, 2.24) is 0 Å². The molecule has 1 unspecified atom stereocenters. The van der Waals surface area contributed by atoms with Gasteiger partial charge in [-0.05, 0) is 42.9 Å². The van der Waals surface area contributed by atoms with Crippen molar-refractivity contribution in [3.8, 4) is 0 Å². The first-order chi connectivity index (χ1) is 9.45. The third kappa shape index (κ3) is 3.71. The minimum Gasteiger partial charge on any atom is -0.324 e. The summed E-state index contributed by atoms with van der Waals surface area (Å²) in [6.07, 6.45) is 0.892. The lowest BCUT2D eigenvalue weighted by Gasteiger charge is -2.14. The second kappa shape index (κ2) is 6.23. The van der Waals surface area contributed by atoms with E-state index in [4.69, 9.17) is 5.73 Å². The summed E-state index contributed by atoms with van der Waals surface area (Å²) in [5, 5.41) is 0. The summed E-state index contributed by atoms with van der Waals surface area (Å²) in [5.74, 6) is 0.569. The summed E-state index contributed by atoms with van der Waals surface area (Å²) in [4.78, 5) is 0. The van der Waals surface area contributed by atoms with Gasteiger partial charge in [0.15, 0.2) is 0 Å². The predicted molar refractivity (Wildman–Crippen MR) is 87.1 cm³/mol. The first-order valence-corrected chi connectivity index (χ1v) is 7.38. The lowest BCUT2D eigenvalue weighted by Crippen LogP contribution is -2.13. The van der Waals surface area contributed by atoms with Gasteiger partial charge in [0.25, 0.3) is 0 Å². The highest BCUT2D eigenvalue weighted by atomic mass is 14.6. The Morgan fingerprint density at radius 3 is 1.85 bits per heavy atom. The molecule has 2 rings (SSSR count). The number of hydrogen-bond acceptors (Lipinski definition) is 1. The Morgan fingerprint density at radius 2 is 1.35 bits per heavy atom. The van der Waals surface area contributed by atoms with Crippen LogP contribution < -0.4 is 5.73 Å². The van der Waals surface area contributed by atoms with E-state index in [1.165, 1.54) is 27.8 Å². The molecule has 2 aromatic carbocycles. The van der Waals surface area contributed by atoms with Crippen molar-refractivity contribution >= 4 is 0 Å². The molecule has 106 valence electrons. The molecule has 0 saturated carbocycles. The van der Waals surface area contributed by atoms with Gasteiger partial charge in [0, 0.05) is 6.04 Å². The Kier molecular flexibility index (Phi) is 4.61. The van der Waals surface area contributed by atoms with E-state index < -0.39 is 0 Å². The van der Waals surface area contributed by atoms with Crippen LogP contribution in [0.2, 0.25) is 0 Å². The molecule has 0 aromatic heterocycles. The smallest absolute Gasteiger partial charge is 0.0335 e. The van der Waals surface area contributed by atoms with Gasteiger partial charge in [0.05, 0.1) is 0 Å². The van der Waals surface area contributed by atoms with Gasteiger partial charge in [0.1, 0.15) is 0 Å². The van der Waals surface area contributed by atoms with Crippen LogP contribution in [-0.4, -0.2) is 0 Å². The number of aryl methyl sites for hydroxylation is 2. The molecule has 0 heterocycles. The molecule has 0 spiro atoms. The molecule has 0 aliphatic rings. The van der Waals surface area contributed by atoms with Crippen molar-refractivity contribution < 1.29 is 0 Å². The second-order valence-corrected chi connectivity index (χ2v) is 6.13. The number of nitrogens with two attached hydrogens (primary N) is 1. The topological polar surface area (TPSA) is 26.0 Å². The maximum Gasteiger partial charge on any atom is 0.0335 e. The quantitative estimate of drug-likeness (QED) is 0.856. The molecule has 0 bridgehead atoms. The standard InChI is InChI=1S/C19H25N/c1-13(2)17-5-7-18(8-6-17)19(20)12-16-10-14(3)9-15(4)11-16/h5-11,13,19H,12,20H2,1-4H3. The van der Waals surface area contributed by atoms with Crippen LogP contribution >= 0.6 is 0 Å². The number of rotatable bonds is 4. The molecule has 2 N–H and O–H groups in total. The average Bonchev–Trinajstić information content (AvgIpc) is 2.37. The summed E-state index contributed by atoms with van der Waals surface area (Å²) >= 11 is 0. The summed E-state index contributed by atoms with van der Waals surface area (Å²) in [5.41, 5.74) is 12.9. The van der Waals surface area contributed by atoms with Crippen molar-refractivity contribution in [1.29, 1.82) is 0 Å². The van der Waals surface area contributed by atoms with Crippen molar-refractivity contribution in [3.63, 3.8) is 0 Å². The summed E-state index contributed by atoms with van der Waals surface area (Å²) < 4.78 is 0. The van der Waals surface area contributed by atoms with Crippen LogP contribution in [0.3, 0.4) is 0 Å². The third-order valence-electron chi connectivity index (χ3n) is 3.77. The molecule has 0 aliphatic carbocycles.